The van der Waals surface area contributed by atoms with Gasteiger partial charge < -0.3 is 24.6 Å². The number of carbonyl (C=O) groups is 4. The van der Waals surface area contributed by atoms with Crippen LogP contribution in [0.4, 0.5) is 32.0 Å². The van der Waals surface area contributed by atoms with Gasteiger partial charge in [0.25, 0.3) is 5.91 Å². The van der Waals surface area contributed by atoms with Crippen molar-refractivity contribution >= 4 is 45.4 Å². The Morgan fingerprint density at radius 3 is 1.70 bits per heavy atom. The SMILES string of the molecule is COc1ccc(Br)cc1NC(=O)[C@H](OC(=O)c1cccc(C(F)(F)F)c1)[C@H](OC(=O)c1cccc(C(F)(F)F)c1)C(=O)O. The number of hydrogen-bond donors (Lipinski definition) is 2. The highest BCUT2D eigenvalue weighted by Crippen LogP contribution is 2.32. The second-order valence-electron chi connectivity index (χ2n) is 8.48. The lowest BCUT2D eigenvalue weighted by molar-refractivity contribution is -0.157. The monoisotopic (exact) mass is 677 g/mol. The first-order valence-corrected chi connectivity index (χ1v) is 12.4. The minimum Gasteiger partial charge on any atom is -0.495 e. The van der Waals surface area contributed by atoms with Crippen molar-refractivity contribution in [2.45, 2.75) is 24.6 Å². The molecule has 0 saturated heterocycles. The van der Waals surface area contributed by atoms with Crippen LogP contribution in [0, 0.1) is 0 Å². The van der Waals surface area contributed by atoms with E-state index < -0.39 is 70.6 Å². The number of ether oxygens (including phenoxy) is 3. The summed E-state index contributed by atoms with van der Waals surface area (Å²) in [6.45, 7) is 0. The Labute approximate surface area is 246 Å². The van der Waals surface area contributed by atoms with E-state index in [4.69, 9.17) is 14.2 Å². The van der Waals surface area contributed by atoms with Crippen molar-refractivity contribution in [2.24, 2.45) is 0 Å². The lowest BCUT2D eigenvalue weighted by atomic mass is 10.1. The van der Waals surface area contributed by atoms with Crippen LogP contribution >= 0.6 is 15.9 Å². The van der Waals surface area contributed by atoms with Crippen molar-refractivity contribution in [3.05, 3.63) is 93.5 Å². The van der Waals surface area contributed by atoms with E-state index in [1.165, 1.54) is 25.3 Å². The van der Waals surface area contributed by atoms with Crippen LogP contribution in [0.5, 0.6) is 5.75 Å². The number of esters is 2. The van der Waals surface area contributed by atoms with E-state index >= 15 is 0 Å². The standard InChI is InChI=1S/C27H18BrF6NO8/c1-41-19-9-8-17(28)12-18(19)35-22(36)20(42-24(39)13-4-2-6-15(10-13)26(29,30)31)21(23(37)38)43-25(40)14-5-3-7-16(11-14)27(32,33)34/h2-12,20-21H,1H3,(H,35,36)(H,37,38)/t20-,21+/m1/s1. The number of carboxylic acid groups (broad SMARTS) is 1. The second kappa shape index (κ2) is 13.1. The summed E-state index contributed by atoms with van der Waals surface area (Å²) in [4.78, 5) is 51.0. The average Bonchev–Trinajstić information content (AvgIpc) is 2.93. The highest BCUT2D eigenvalue weighted by atomic mass is 79.9. The van der Waals surface area contributed by atoms with Crippen molar-refractivity contribution in [3.63, 3.8) is 0 Å². The molecule has 9 nitrogen and oxygen atoms in total. The molecule has 0 spiro atoms. The molecule has 228 valence electrons. The Kier molecular flexibility index (Phi) is 10.1. The third kappa shape index (κ3) is 8.47. The summed E-state index contributed by atoms with van der Waals surface area (Å²) in [5, 5.41) is 12.0. The van der Waals surface area contributed by atoms with Gasteiger partial charge in [-0.1, -0.05) is 28.1 Å². The van der Waals surface area contributed by atoms with Crippen LogP contribution in [0.2, 0.25) is 0 Å². The van der Waals surface area contributed by atoms with E-state index in [0.29, 0.717) is 28.7 Å². The molecule has 0 aromatic heterocycles. The summed E-state index contributed by atoms with van der Waals surface area (Å²) in [6, 6.07) is 9.63. The maximum atomic E-state index is 13.3. The summed E-state index contributed by atoms with van der Waals surface area (Å²) in [5.74, 6) is -6.76. The minimum atomic E-state index is -4.88. The molecule has 1 amide bonds. The van der Waals surface area contributed by atoms with Crippen LogP contribution in [-0.2, 0) is 31.4 Å². The number of benzene rings is 3. The maximum absolute atomic E-state index is 13.3. The number of alkyl halides is 6. The molecule has 3 rings (SSSR count). The number of aliphatic carboxylic acids is 1. The zero-order valence-electron chi connectivity index (χ0n) is 21.5. The van der Waals surface area contributed by atoms with Gasteiger partial charge in [-0.15, -0.1) is 0 Å². The Morgan fingerprint density at radius 2 is 1.26 bits per heavy atom. The van der Waals surface area contributed by atoms with Gasteiger partial charge in [-0.2, -0.15) is 26.3 Å². The van der Waals surface area contributed by atoms with Gasteiger partial charge in [0, 0.05) is 4.47 Å². The highest BCUT2D eigenvalue weighted by Gasteiger charge is 2.42. The first-order valence-electron chi connectivity index (χ1n) is 11.6. The van der Waals surface area contributed by atoms with Gasteiger partial charge in [-0.3, -0.25) is 4.79 Å². The fraction of sp³-hybridized carbons (Fsp3) is 0.185. The number of anilines is 1. The number of halogens is 7. The van der Waals surface area contributed by atoms with E-state index in [-0.39, 0.29) is 11.4 Å². The van der Waals surface area contributed by atoms with Crippen molar-refractivity contribution in [2.75, 3.05) is 12.4 Å². The molecule has 0 aliphatic heterocycles. The summed E-state index contributed by atoms with van der Waals surface area (Å²) in [6.07, 6.45) is -15.0. The van der Waals surface area contributed by atoms with Crippen LogP contribution < -0.4 is 10.1 Å². The molecule has 43 heavy (non-hydrogen) atoms. The second-order valence-corrected chi connectivity index (χ2v) is 9.40. The smallest absolute Gasteiger partial charge is 0.416 e. The maximum Gasteiger partial charge on any atom is 0.416 e. The Hall–Kier alpha value is -4.60. The third-order valence-electron chi connectivity index (χ3n) is 5.52. The lowest BCUT2D eigenvalue weighted by Crippen LogP contribution is -2.48. The number of hydrogen-bond acceptors (Lipinski definition) is 7. The lowest BCUT2D eigenvalue weighted by Gasteiger charge is -2.24. The van der Waals surface area contributed by atoms with Gasteiger partial charge in [-0.05, 0) is 54.6 Å². The van der Waals surface area contributed by atoms with Gasteiger partial charge in [0.1, 0.15) is 5.75 Å². The van der Waals surface area contributed by atoms with E-state index in [0.717, 1.165) is 24.3 Å². The van der Waals surface area contributed by atoms with Crippen molar-refractivity contribution < 1.29 is 64.8 Å². The molecule has 3 aromatic rings. The number of carbonyl (C=O) groups excluding carboxylic acids is 3. The number of amides is 1. The van der Waals surface area contributed by atoms with E-state index in [1.54, 1.807) is 0 Å². The van der Waals surface area contributed by atoms with Crippen LogP contribution in [0.15, 0.2) is 71.2 Å². The summed E-state index contributed by atoms with van der Waals surface area (Å²) in [7, 11) is 1.22. The molecule has 0 heterocycles. The van der Waals surface area contributed by atoms with Gasteiger partial charge in [0.15, 0.2) is 0 Å². The molecule has 16 heteroatoms. The molecule has 0 radical (unpaired) electrons. The van der Waals surface area contributed by atoms with Gasteiger partial charge >= 0.3 is 30.3 Å². The topological polar surface area (TPSA) is 128 Å². The first kappa shape index (κ1) is 32.9. The summed E-state index contributed by atoms with van der Waals surface area (Å²) >= 11 is 3.15. The fourth-order valence-electron chi connectivity index (χ4n) is 3.49. The van der Waals surface area contributed by atoms with E-state index in [2.05, 4.69) is 21.2 Å². The predicted molar refractivity (Wildman–Crippen MR) is 138 cm³/mol. The van der Waals surface area contributed by atoms with Gasteiger partial charge in [0.2, 0.25) is 12.2 Å². The number of rotatable bonds is 9. The highest BCUT2D eigenvalue weighted by molar-refractivity contribution is 9.10. The molecule has 0 aliphatic rings. The number of carboxylic acids is 1. The van der Waals surface area contributed by atoms with Crippen molar-refractivity contribution in [1.82, 2.24) is 0 Å². The molecular formula is C27H18BrF6NO8. The van der Waals surface area contributed by atoms with E-state index in [9.17, 15) is 50.6 Å². The van der Waals surface area contributed by atoms with Crippen LogP contribution in [-0.4, -0.2) is 48.2 Å². The van der Waals surface area contributed by atoms with E-state index in [1.807, 2.05) is 0 Å². The predicted octanol–water partition coefficient (Wildman–Crippen LogP) is 5.97. The molecule has 2 atom stereocenters. The number of methoxy groups -OCH3 is 1. The zero-order chi connectivity index (χ0) is 32.1. The van der Waals surface area contributed by atoms with Crippen LogP contribution in [0.3, 0.4) is 0 Å². The minimum absolute atomic E-state index is 0.0346. The Morgan fingerprint density at radius 1 is 0.767 bits per heavy atom. The molecule has 0 aliphatic carbocycles. The molecule has 0 fully saturated rings. The van der Waals surface area contributed by atoms with Gasteiger partial charge in [-0.25, -0.2) is 14.4 Å². The quantitative estimate of drug-likeness (QED) is 0.210. The largest absolute Gasteiger partial charge is 0.495 e. The Bertz CT molecular complexity index is 1540. The van der Waals surface area contributed by atoms with Crippen LogP contribution in [0.1, 0.15) is 31.8 Å². The van der Waals surface area contributed by atoms with Crippen molar-refractivity contribution in [3.8, 4) is 5.75 Å². The number of nitrogens with one attached hydrogen (secondary N) is 1. The molecular weight excluding hydrogens is 660 g/mol. The Balaban J connectivity index is 2.01. The molecule has 2 N–H and O–H groups in total. The first-order chi connectivity index (χ1) is 20.0. The summed E-state index contributed by atoms with van der Waals surface area (Å²) < 4.78 is 94.2. The van der Waals surface area contributed by atoms with Gasteiger partial charge in [0.05, 0.1) is 35.1 Å². The fourth-order valence-corrected chi connectivity index (χ4v) is 3.85. The van der Waals surface area contributed by atoms with Crippen molar-refractivity contribution in [1.29, 1.82) is 0 Å². The zero-order valence-corrected chi connectivity index (χ0v) is 23.0. The molecule has 0 bridgehead atoms. The molecule has 3 aromatic carbocycles. The third-order valence-corrected chi connectivity index (χ3v) is 6.01. The normalized spacial score (nSPS) is 12.9. The molecule has 0 unspecified atom stereocenters. The summed E-state index contributed by atoms with van der Waals surface area (Å²) in [5.41, 5.74) is -4.16. The molecule has 0 saturated carbocycles. The average molecular weight is 678 g/mol. The van der Waals surface area contributed by atoms with Crippen LogP contribution in [0.25, 0.3) is 0 Å².